The van der Waals surface area contributed by atoms with Crippen LogP contribution in [0.15, 0.2) is 91.0 Å². The molecular formula is C54H55ClN2. The molecule has 0 saturated heterocycles. The van der Waals surface area contributed by atoms with E-state index in [-0.39, 0.29) is 0 Å². The van der Waals surface area contributed by atoms with Crippen LogP contribution in [0, 0.1) is 0 Å². The summed E-state index contributed by atoms with van der Waals surface area (Å²) in [6, 6.07) is 36.7. The first-order chi connectivity index (χ1) is 28.1. The zero-order valence-electron chi connectivity index (χ0n) is 33.4. The molecule has 2 nitrogen and oxygen atoms in total. The highest BCUT2D eigenvalue weighted by Crippen LogP contribution is 2.57. The molecule has 288 valence electrons. The van der Waals surface area contributed by atoms with Gasteiger partial charge in [-0.3, -0.25) is 0 Å². The summed E-state index contributed by atoms with van der Waals surface area (Å²) < 4.78 is 0. The van der Waals surface area contributed by atoms with Gasteiger partial charge in [0.05, 0.1) is 16.4 Å². The molecule has 0 atom stereocenters. The number of hydrogen-bond donors (Lipinski definition) is 0. The summed E-state index contributed by atoms with van der Waals surface area (Å²) in [7, 11) is 0. The van der Waals surface area contributed by atoms with E-state index in [0.717, 1.165) is 40.1 Å². The number of hydrogen-bond acceptors (Lipinski definition) is 2. The zero-order chi connectivity index (χ0) is 37.4. The third-order valence-corrected chi connectivity index (χ3v) is 17.6. The lowest BCUT2D eigenvalue weighted by Crippen LogP contribution is -2.24. The van der Waals surface area contributed by atoms with Gasteiger partial charge in [0.15, 0.2) is 0 Å². The van der Waals surface area contributed by atoms with Gasteiger partial charge in [0.25, 0.3) is 0 Å². The minimum absolute atomic E-state index is 0.682. The first-order valence-electron chi connectivity index (χ1n) is 23.1. The summed E-state index contributed by atoms with van der Waals surface area (Å²) in [6.45, 7) is 0. The van der Waals surface area contributed by atoms with Gasteiger partial charge in [0.1, 0.15) is 0 Å². The van der Waals surface area contributed by atoms with Gasteiger partial charge in [-0.1, -0.05) is 41.9 Å². The van der Waals surface area contributed by atoms with Crippen molar-refractivity contribution in [3.63, 3.8) is 0 Å². The van der Waals surface area contributed by atoms with Crippen LogP contribution < -0.4 is 9.80 Å². The van der Waals surface area contributed by atoms with Gasteiger partial charge in [0, 0.05) is 22.7 Å². The Kier molecular flexibility index (Phi) is 7.73. The molecule has 17 rings (SSSR count). The minimum Gasteiger partial charge on any atom is -0.309 e. The normalized spacial score (nSPS) is 29.4. The average Bonchev–Trinajstić information content (AvgIpc) is 3.29. The van der Waals surface area contributed by atoms with Crippen LogP contribution in [-0.2, 0) is 0 Å². The van der Waals surface area contributed by atoms with Crippen molar-refractivity contribution in [2.75, 3.05) is 9.80 Å². The van der Waals surface area contributed by atoms with E-state index in [4.69, 9.17) is 11.6 Å². The van der Waals surface area contributed by atoms with Crippen LogP contribution in [0.4, 0.5) is 34.1 Å². The molecule has 0 unspecified atom stereocenters. The van der Waals surface area contributed by atoms with Gasteiger partial charge in [-0.25, -0.2) is 0 Å². The SMILES string of the molecule is Clc1c(N(c2ccc3c(c2)C2CCC3CC2)c2ccc3c(c2)C2CCC3CC2)cccc1N(c1ccc2c(c1)C1CCC2CC1)c1ccc2c(c1)C1CCC2CC1. The Morgan fingerprint density at radius 3 is 0.772 bits per heavy atom. The van der Waals surface area contributed by atoms with Crippen LogP contribution in [0.25, 0.3) is 0 Å². The molecule has 0 radical (unpaired) electrons. The average molecular weight is 768 g/mol. The molecule has 57 heavy (non-hydrogen) atoms. The van der Waals surface area contributed by atoms with E-state index in [1.165, 1.54) is 125 Å². The smallest absolute Gasteiger partial charge is 0.0887 e. The van der Waals surface area contributed by atoms with Crippen molar-refractivity contribution >= 4 is 45.7 Å². The Labute approximate surface area is 344 Å². The highest BCUT2D eigenvalue weighted by atomic mass is 35.5. The van der Waals surface area contributed by atoms with Crippen molar-refractivity contribution in [1.82, 2.24) is 0 Å². The summed E-state index contributed by atoms with van der Waals surface area (Å²) in [5.74, 6) is 5.64. The van der Waals surface area contributed by atoms with E-state index in [0.29, 0.717) is 23.7 Å². The Bertz CT molecular complexity index is 2100. The van der Waals surface area contributed by atoms with E-state index < -0.39 is 0 Å². The van der Waals surface area contributed by atoms with Crippen molar-refractivity contribution < 1.29 is 0 Å². The van der Waals surface area contributed by atoms with Crippen LogP contribution in [0.5, 0.6) is 0 Å². The maximum atomic E-state index is 8.04. The summed E-state index contributed by atoms with van der Waals surface area (Å²) in [6.07, 6.45) is 21.5. The number of halogens is 1. The van der Waals surface area contributed by atoms with Gasteiger partial charge < -0.3 is 9.80 Å². The second kappa shape index (κ2) is 13.0. The molecular weight excluding hydrogens is 712 g/mol. The first-order valence-corrected chi connectivity index (χ1v) is 23.4. The lowest BCUT2D eigenvalue weighted by molar-refractivity contribution is 0.358. The summed E-state index contributed by atoms with van der Waals surface area (Å²) in [5, 5.41) is 0.828. The number of benzene rings is 5. The molecule has 12 aliphatic carbocycles. The molecule has 0 heterocycles. The Morgan fingerprint density at radius 2 is 0.526 bits per heavy atom. The number of fused-ring (bicyclic) bond motifs is 8. The largest absolute Gasteiger partial charge is 0.309 e. The van der Waals surface area contributed by atoms with Crippen molar-refractivity contribution in [3.05, 3.63) is 141 Å². The van der Waals surface area contributed by atoms with Crippen LogP contribution in [0.1, 0.15) is 195 Å². The molecule has 5 aromatic rings. The molecule has 4 saturated carbocycles. The second-order valence-corrected chi connectivity index (χ2v) is 20.1. The fraction of sp³-hybridized carbons (Fsp3) is 0.444. The van der Waals surface area contributed by atoms with Gasteiger partial charge in [-0.05, 0) is 255 Å². The topological polar surface area (TPSA) is 6.48 Å². The monoisotopic (exact) mass is 766 g/mol. The number of rotatable bonds is 6. The van der Waals surface area contributed by atoms with Crippen LogP contribution in [0.2, 0.25) is 5.02 Å². The lowest BCUT2D eigenvalue weighted by Gasteiger charge is -2.41. The van der Waals surface area contributed by atoms with E-state index in [1.807, 2.05) is 0 Å². The molecule has 0 spiro atoms. The molecule has 8 bridgehead atoms. The van der Waals surface area contributed by atoms with E-state index in [1.54, 1.807) is 44.5 Å². The van der Waals surface area contributed by atoms with Gasteiger partial charge >= 0.3 is 0 Å². The van der Waals surface area contributed by atoms with Crippen LogP contribution in [0.3, 0.4) is 0 Å². The lowest BCUT2D eigenvalue weighted by atomic mass is 9.67. The van der Waals surface area contributed by atoms with Gasteiger partial charge in [-0.15, -0.1) is 0 Å². The van der Waals surface area contributed by atoms with Crippen LogP contribution in [-0.4, -0.2) is 0 Å². The highest BCUT2D eigenvalue weighted by Gasteiger charge is 2.38. The van der Waals surface area contributed by atoms with E-state index >= 15 is 0 Å². The highest BCUT2D eigenvalue weighted by molar-refractivity contribution is 6.36. The van der Waals surface area contributed by atoms with Crippen LogP contribution >= 0.6 is 11.6 Å². The molecule has 3 heteroatoms. The van der Waals surface area contributed by atoms with Gasteiger partial charge in [0.2, 0.25) is 0 Å². The second-order valence-electron chi connectivity index (χ2n) is 19.7. The van der Waals surface area contributed by atoms with Crippen molar-refractivity contribution in [2.24, 2.45) is 0 Å². The minimum atomic E-state index is 0.682. The molecule has 12 aliphatic rings. The fourth-order valence-corrected chi connectivity index (χ4v) is 14.6. The molecule has 0 N–H and O–H groups in total. The van der Waals surface area contributed by atoms with E-state index in [9.17, 15) is 0 Å². The molecule has 0 aliphatic heterocycles. The zero-order valence-corrected chi connectivity index (χ0v) is 34.1. The Balaban J connectivity index is 0.994. The first kappa shape index (κ1) is 33.9. The summed E-state index contributed by atoms with van der Waals surface area (Å²) in [5.41, 5.74) is 20.0. The molecule has 4 fully saturated rings. The van der Waals surface area contributed by atoms with Crippen molar-refractivity contribution in [2.45, 2.75) is 150 Å². The third-order valence-electron chi connectivity index (χ3n) is 17.2. The Morgan fingerprint density at radius 1 is 0.298 bits per heavy atom. The molecule has 0 amide bonds. The summed E-state index contributed by atoms with van der Waals surface area (Å²) >= 11 is 8.04. The maximum absolute atomic E-state index is 8.04. The van der Waals surface area contributed by atoms with Crippen molar-refractivity contribution in [3.8, 4) is 0 Å². The molecule has 0 aromatic heterocycles. The predicted octanol–water partition coefficient (Wildman–Crippen LogP) is 16.3. The fourth-order valence-electron chi connectivity index (χ4n) is 14.3. The number of nitrogens with zero attached hydrogens (tertiary/aromatic N) is 2. The number of anilines is 6. The quantitative estimate of drug-likeness (QED) is 0.170. The van der Waals surface area contributed by atoms with Gasteiger partial charge in [-0.2, -0.15) is 0 Å². The molecule has 5 aromatic carbocycles. The van der Waals surface area contributed by atoms with Crippen molar-refractivity contribution in [1.29, 1.82) is 0 Å². The van der Waals surface area contributed by atoms with E-state index in [2.05, 4.69) is 101 Å². The predicted molar refractivity (Wildman–Crippen MR) is 237 cm³/mol. The third kappa shape index (κ3) is 5.21. The maximum Gasteiger partial charge on any atom is 0.0887 e. The summed E-state index contributed by atoms with van der Waals surface area (Å²) in [4.78, 5) is 5.07. The standard InChI is InChI=1S/C54H55ClN2/c55-54-52(56(40-20-24-44-32-4-12-36(13-5-32)48(44)28-40)41-21-25-45-33-6-14-37(15-7-33)49(45)29-41)2-1-3-53(54)57(42-22-26-46-34-8-16-38(17-9-34)50(46)30-42)43-23-27-47-35-10-18-39(19-11-35)51(47)31-43/h1-3,20-39H,4-19H2. The Hall–Kier alpha value is -4.01.